The van der Waals surface area contributed by atoms with E-state index in [0.29, 0.717) is 0 Å². The summed E-state index contributed by atoms with van der Waals surface area (Å²) in [6, 6.07) is 17.7. The third-order valence-corrected chi connectivity index (χ3v) is 3.05. The number of hydrogen-bond acceptors (Lipinski definition) is 4. The molecular weight excluding hydrogens is 266 g/mol. The summed E-state index contributed by atoms with van der Waals surface area (Å²) in [5.41, 5.74) is 2.95. The molecule has 1 amide bonds. The van der Waals surface area contributed by atoms with Crippen molar-refractivity contribution in [2.24, 2.45) is 0 Å². The molecule has 0 bridgehead atoms. The summed E-state index contributed by atoms with van der Waals surface area (Å²) in [6.45, 7) is 0. The Kier molecular flexibility index (Phi) is 3.68. The summed E-state index contributed by atoms with van der Waals surface area (Å²) >= 11 is 0. The standard InChI is InChI=1S/C15H13N5O/c21-15(14-17-19-20-18-14)16-13-9-5-4-8-12(13)10-11-6-2-1-3-7-11/h1-9H,10H2,(H,16,21)(H,17,18,19,20). The first kappa shape index (κ1) is 13.0. The number of tetrazole rings is 1. The third kappa shape index (κ3) is 3.11. The molecule has 3 aromatic rings. The van der Waals surface area contributed by atoms with E-state index in [1.165, 1.54) is 5.56 Å². The maximum absolute atomic E-state index is 12.0. The number of hydrogen-bond donors (Lipinski definition) is 2. The van der Waals surface area contributed by atoms with Gasteiger partial charge in [-0.25, -0.2) is 0 Å². The molecule has 0 unspecified atom stereocenters. The fourth-order valence-corrected chi connectivity index (χ4v) is 2.05. The van der Waals surface area contributed by atoms with Crippen molar-refractivity contribution in [3.63, 3.8) is 0 Å². The van der Waals surface area contributed by atoms with E-state index in [9.17, 15) is 4.79 Å². The zero-order chi connectivity index (χ0) is 14.5. The SMILES string of the molecule is O=C(Nc1ccccc1Cc1ccccc1)c1nn[nH]n1. The van der Waals surface area contributed by atoms with Crippen LogP contribution in [0.1, 0.15) is 21.7 Å². The molecule has 104 valence electrons. The molecule has 6 heteroatoms. The topological polar surface area (TPSA) is 83.6 Å². The molecular formula is C15H13N5O. The number of nitrogens with zero attached hydrogens (tertiary/aromatic N) is 3. The van der Waals surface area contributed by atoms with Crippen molar-refractivity contribution in [1.29, 1.82) is 0 Å². The molecule has 0 fully saturated rings. The molecule has 1 aromatic heterocycles. The van der Waals surface area contributed by atoms with Crippen molar-refractivity contribution in [3.8, 4) is 0 Å². The lowest BCUT2D eigenvalue weighted by Crippen LogP contribution is -2.15. The fourth-order valence-electron chi connectivity index (χ4n) is 2.05. The van der Waals surface area contributed by atoms with Gasteiger partial charge in [0.1, 0.15) is 0 Å². The van der Waals surface area contributed by atoms with Gasteiger partial charge in [-0.15, -0.1) is 10.2 Å². The third-order valence-electron chi connectivity index (χ3n) is 3.05. The predicted octanol–water partition coefficient (Wildman–Crippen LogP) is 2.04. The normalized spacial score (nSPS) is 10.3. The predicted molar refractivity (Wildman–Crippen MR) is 77.8 cm³/mol. The minimum atomic E-state index is -0.385. The summed E-state index contributed by atoms with van der Waals surface area (Å²) in [5.74, 6) is -0.367. The Bertz CT molecular complexity index is 725. The van der Waals surface area contributed by atoms with Gasteiger partial charge in [-0.2, -0.15) is 5.21 Å². The Labute approximate surface area is 121 Å². The van der Waals surface area contributed by atoms with Gasteiger partial charge in [0.25, 0.3) is 11.7 Å². The fraction of sp³-hybridized carbons (Fsp3) is 0.0667. The lowest BCUT2D eigenvalue weighted by Gasteiger charge is -2.10. The van der Waals surface area contributed by atoms with Crippen molar-refractivity contribution in [1.82, 2.24) is 20.6 Å². The van der Waals surface area contributed by atoms with Crippen molar-refractivity contribution in [2.45, 2.75) is 6.42 Å². The second-order valence-corrected chi connectivity index (χ2v) is 4.51. The molecule has 0 aliphatic rings. The van der Waals surface area contributed by atoms with Crippen LogP contribution in [-0.2, 0) is 6.42 Å². The van der Waals surface area contributed by atoms with Crippen LogP contribution >= 0.6 is 0 Å². The molecule has 2 aromatic carbocycles. The number of rotatable bonds is 4. The number of carbonyl (C=O) groups excluding carboxylic acids is 1. The van der Waals surface area contributed by atoms with E-state index in [1.54, 1.807) is 0 Å². The number of anilines is 1. The zero-order valence-electron chi connectivity index (χ0n) is 11.2. The number of para-hydroxylation sites is 1. The molecule has 0 saturated carbocycles. The number of nitrogens with one attached hydrogen (secondary N) is 2. The van der Waals surface area contributed by atoms with Crippen LogP contribution in [0.15, 0.2) is 54.6 Å². The first-order valence-electron chi connectivity index (χ1n) is 6.49. The molecule has 0 aliphatic heterocycles. The van der Waals surface area contributed by atoms with Gasteiger partial charge in [-0.05, 0) is 28.8 Å². The minimum Gasteiger partial charge on any atom is -0.319 e. The number of carbonyl (C=O) groups is 1. The molecule has 0 saturated heterocycles. The quantitative estimate of drug-likeness (QED) is 0.765. The van der Waals surface area contributed by atoms with Crippen LogP contribution in [0, 0.1) is 0 Å². The van der Waals surface area contributed by atoms with E-state index in [2.05, 4.69) is 38.1 Å². The Morgan fingerprint density at radius 1 is 1.05 bits per heavy atom. The monoisotopic (exact) mass is 279 g/mol. The van der Waals surface area contributed by atoms with Gasteiger partial charge >= 0.3 is 0 Å². The molecule has 0 atom stereocenters. The summed E-state index contributed by atoms with van der Waals surface area (Å²) in [4.78, 5) is 12.0. The van der Waals surface area contributed by atoms with Crippen molar-refractivity contribution >= 4 is 11.6 Å². The Morgan fingerprint density at radius 2 is 1.81 bits per heavy atom. The second kappa shape index (κ2) is 5.96. The van der Waals surface area contributed by atoms with E-state index >= 15 is 0 Å². The van der Waals surface area contributed by atoms with Crippen LogP contribution in [0.5, 0.6) is 0 Å². The maximum atomic E-state index is 12.0. The number of benzene rings is 2. The van der Waals surface area contributed by atoms with E-state index in [0.717, 1.165) is 17.7 Å². The van der Waals surface area contributed by atoms with Gasteiger partial charge in [0.2, 0.25) is 0 Å². The first-order chi connectivity index (χ1) is 10.3. The van der Waals surface area contributed by atoms with Gasteiger partial charge in [0.15, 0.2) is 0 Å². The highest BCUT2D eigenvalue weighted by Crippen LogP contribution is 2.19. The molecule has 2 N–H and O–H groups in total. The van der Waals surface area contributed by atoms with Crippen LogP contribution in [0.3, 0.4) is 0 Å². The number of amides is 1. The number of aromatic amines is 1. The number of aromatic nitrogens is 4. The largest absolute Gasteiger partial charge is 0.319 e. The highest BCUT2D eigenvalue weighted by molar-refractivity contribution is 6.01. The molecule has 6 nitrogen and oxygen atoms in total. The van der Waals surface area contributed by atoms with Crippen molar-refractivity contribution in [2.75, 3.05) is 5.32 Å². The molecule has 1 heterocycles. The van der Waals surface area contributed by atoms with Crippen molar-refractivity contribution < 1.29 is 4.79 Å². The van der Waals surface area contributed by atoms with Gasteiger partial charge in [0.05, 0.1) is 0 Å². The summed E-state index contributed by atoms with van der Waals surface area (Å²) in [5, 5.41) is 15.8. The summed E-state index contributed by atoms with van der Waals surface area (Å²) in [6.07, 6.45) is 0.740. The van der Waals surface area contributed by atoms with Gasteiger partial charge in [-0.3, -0.25) is 4.79 Å². The summed E-state index contributed by atoms with van der Waals surface area (Å²) < 4.78 is 0. The molecule has 0 aliphatic carbocycles. The first-order valence-corrected chi connectivity index (χ1v) is 6.49. The Morgan fingerprint density at radius 3 is 2.57 bits per heavy atom. The second-order valence-electron chi connectivity index (χ2n) is 4.51. The van der Waals surface area contributed by atoms with Crippen LogP contribution < -0.4 is 5.32 Å². The van der Waals surface area contributed by atoms with Crippen LogP contribution in [0.25, 0.3) is 0 Å². The molecule has 21 heavy (non-hydrogen) atoms. The maximum Gasteiger partial charge on any atom is 0.297 e. The summed E-state index contributed by atoms with van der Waals surface area (Å²) in [7, 11) is 0. The lowest BCUT2D eigenvalue weighted by atomic mass is 10.0. The average Bonchev–Trinajstić information content (AvgIpc) is 3.05. The van der Waals surface area contributed by atoms with Crippen LogP contribution in [0.2, 0.25) is 0 Å². The highest BCUT2D eigenvalue weighted by atomic mass is 16.2. The molecule has 3 rings (SSSR count). The average molecular weight is 279 g/mol. The highest BCUT2D eigenvalue weighted by Gasteiger charge is 2.12. The number of H-pyrrole nitrogens is 1. The zero-order valence-corrected chi connectivity index (χ0v) is 11.2. The van der Waals surface area contributed by atoms with Crippen LogP contribution in [0.4, 0.5) is 5.69 Å². The van der Waals surface area contributed by atoms with E-state index in [-0.39, 0.29) is 11.7 Å². The molecule has 0 spiro atoms. The van der Waals surface area contributed by atoms with E-state index in [4.69, 9.17) is 0 Å². The smallest absolute Gasteiger partial charge is 0.297 e. The van der Waals surface area contributed by atoms with E-state index < -0.39 is 0 Å². The van der Waals surface area contributed by atoms with Crippen molar-refractivity contribution in [3.05, 3.63) is 71.5 Å². The van der Waals surface area contributed by atoms with Gasteiger partial charge in [-0.1, -0.05) is 48.5 Å². The lowest BCUT2D eigenvalue weighted by molar-refractivity contribution is 0.101. The van der Waals surface area contributed by atoms with E-state index in [1.807, 2.05) is 42.5 Å². The Hall–Kier alpha value is -3.02. The molecule has 0 radical (unpaired) electrons. The minimum absolute atomic E-state index is 0.0181. The van der Waals surface area contributed by atoms with Gasteiger partial charge < -0.3 is 5.32 Å². The van der Waals surface area contributed by atoms with Gasteiger partial charge in [0, 0.05) is 5.69 Å². The Balaban J connectivity index is 1.81. The van der Waals surface area contributed by atoms with Crippen LogP contribution in [-0.4, -0.2) is 26.5 Å².